The molecule has 0 heterocycles. The number of hydrogen-bond acceptors (Lipinski definition) is 3. The molecule has 0 saturated heterocycles. The summed E-state index contributed by atoms with van der Waals surface area (Å²) in [5.41, 5.74) is 0.662. The molecule has 0 atom stereocenters. The van der Waals surface area contributed by atoms with Gasteiger partial charge in [0, 0.05) is 15.7 Å². The van der Waals surface area contributed by atoms with E-state index in [0.717, 1.165) is 3.57 Å². The normalized spacial score (nSPS) is 10.0. The van der Waals surface area contributed by atoms with Crippen molar-refractivity contribution < 1.29 is 9.72 Å². The maximum absolute atomic E-state index is 11.9. The van der Waals surface area contributed by atoms with Crippen molar-refractivity contribution in [2.45, 2.75) is 0 Å². The molecule has 2 amide bonds. The second kappa shape index (κ2) is 6.72. The van der Waals surface area contributed by atoms with Crippen molar-refractivity contribution in [1.82, 2.24) is 0 Å². The van der Waals surface area contributed by atoms with Crippen molar-refractivity contribution in [2.24, 2.45) is 0 Å². The van der Waals surface area contributed by atoms with Gasteiger partial charge in [0.2, 0.25) is 0 Å². The fourth-order valence-electron chi connectivity index (χ4n) is 1.56. The minimum Gasteiger partial charge on any atom is -0.307 e. The van der Waals surface area contributed by atoms with Gasteiger partial charge in [0.15, 0.2) is 0 Å². The van der Waals surface area contributed by atoms with E-state index in [1.54, 1.807) is 12.1 Å². The van der Waals surface area contributed by atoms with Crippen molar-refractivity contribution in [3.05, 3.63) is 61.2 Å². The molecule has 0 unspecified atom stereocenters. The number of nitrogens with zero attached hydrogens (tertiary/aromatic N) is 1. The van der Waals surface area contributed by atoms with Gasteiger partial charge in [-0.05, 0) is 40.8 Å². The largest absolute Gasteiger partial charge is 0.323 e. The highest BCUT2D eigenvalue weighted by molar-refractivity contribution is 14.1. The molecule has 8 heteroatoms. The van der Waals surface area contributed by atoms with Gasteiger partial charge < -0.3 is 10.6 Å². The van der Waals surface area contributed by atoms with E-state index in [4.69, 9.17) is 11.6 Å². The van der Waals surface area contributed by atoms with Crippen LogP contribution in [0.4, 0.5) is 21.9 Å². The van der Waals surface area contributed by atoms with Crippen LogP contribution in [0.25, 0.3) is 0 Å². The van der Waals surface area contributed by atoms with E-state index in [2.05, 4.69) is 33.2 Å². The highest BCUT2D eigenvalue weighted by Gasteiger charge is 2.12. The molecule has 0 spiro atoms. The number of amides is 2. The van der Waals surface area contributed by atoms with Crippen LogP contribution in [-0.4, -0.2) is 11.0 Å². The van der Waals surface area contributed by atoms with Crippen molar-refractivity contribution in [3.63, 3.8) is 0 Å². The van der Waals surface area contributed by atoms with Gasteiger partial charge in [0.25, 0.3) is 5.69 Å². The number of hydrogen-bond donors (Lipinski definition) is 2. The lowest BCUT2D eigenvalue weighted by atomic mass is 10.3. The van der Waals surface area contributed by atoms with Crippen LogP contribution >= 0.6 is 34.2 Å². The third-order valence-corrected chi connectivity index (χ3v) is 3.80. The summed E-state index contributed by atoms with van der Waals surface area (Å²) in [6.07, 6.45) is 0. The molecule has 0 bridgehead atoms. The fraction of sp³-hybridized carbons (Fsp3) is 0. The third kappa shape index (κ3) is 4.05. The molecular formula is C13H9ClIN3O3. The molecule has 0 aliphatic carbocycles. The minimum absolute atomic E-state index is 0.149. The summed E-state index contributed by atoms with van der Waals surface area (Å²) in [4.78, 5) is 22.1. The lowest BCUT2D eigenvalue weighted by molar-refractivity contribution is -0.384. The Bertz CT molecular complexity index is 709. The average Bonchev–Trinajstić information content (AvgIpc) is 2.43. The number of nitrogens with one attached hydrogen (secondary N) is 2. The molecule has 0 aliphatic rings. The summed E-state index contributed by atoms with van der Waals surface area (Å²) in [6, 6.07) is 10.5. The third-order valence-electron chi connectivity index (χ3n) is 2.53. The Balaban J connectivity index is 2.15. The zero-order valence-electron chi connectivity index (χ0n) is 10.5. The van der Waals surface area contributed by atoms with Crippen LogP contribution in [0.5, 0.6) is 0 Å². The Labute approximate surface area is 138 Å². The molecule has 0 aliphatic heterocycles. The van der Waals surface area contributed by atoms with Crippen molar-refractivity contribution in [1.29, 1.82) is 0 Å². The minimum atomic E-state index is -0.556. The summed E-state index contributed by atoms with van der Waals surface area (Å²) in [6.45, 7) is 0. The summed E-state index contributed by atoms with van der Waals surface area (Å²) >= 11 is 8.00. The van der Waals surface area contributed by atoms with Crippen LogP contribution in [0.3, 0.4) is 0 Å². The Morgan fingerprint density at radius 2 is 1.81 bits per heavy atom. The molecule has 6 nitrogen and oxygen atoms in total. The first-order chi connectivity index (χ1) is 9.97. The molecule has 2 rings (SSSR count). The van der Waals surface area contributed by atoms with Gasteiger partial charge in [-0.1, -0.05) is 23.7 Å². The van der Waals surface area contributed by atoms with Gasteiger partial charge in [0.1, 0.15) is 0 Å². The molecule has 0 saturated carbocycles. The van der Waals surface area contributed by atoms with E-state index in [9.17, 15) is 14.9 Å². The van der Waals surface area contributed by atoms with E-state index in [1.807, 2.05) is 12.1 Å². The second-order valence-corrected chi connectivity index (χ2v) is 5.55. The quantitative estimate of drug-likeness (QED) is 0.438. The highest BCUT2D eigenvalue weighted by atomic mass is 127. The number of benzene rings is 2. The zero-order chi connectivity index (χ0) is 15.4. The SMILES string of the molecule is O=C(Nc1cc([N+](=O)[O-])ccc1Cl)Nc1ccccc1I. The van der Waals surface area contributed by atoms with Crippen LogP contribution in [0, 0.1) is 13.7 Å². The maximum Gasteiger partial charge on any atom is 0.323 e. The van der Waals surface area contributed by atoms with E-state index in [-0.39, 0.29) is 16.4 Å². The summed E-state index contributed by atoms with van der Waals surface area (Å²) in [7, 11) is 0. The molecule has 0 radical (unpaired) electrons. The van der Waals surface area contributed by atoms with Gasteiger partial charge in [0.05, 0.1) is 21.3 Å². The second-order valence-electron chi connectivity index (χ2n) is 3.98. The number of anilines is 2. The van der Waals surface area contributed by atoms with Gasteiger partial charge >= 0.3 is 6.03 Å². The predicted molar refractivity (Wildman–Crippen MR) is 89.9 cm³/mol. The fourth-order valence-corrected chi connectivity index (χ4v) is 2.25. The molecule has 2 aromatic carbocycles. The first kappa shape index (κ1) is 15.5. The molecular weight excluding hydrogens is 409 g/mol. The number of carbonyl (C=O) groups is 1. The van der Waals surface area contributed by atoms with Crippen LogP contribution in [-0.2, 0) is 0 Å². The van der Waals surface area contributed by atoms with Gasteiger partial charge in [-0.15, -0.1) is 0 Å². The van der Waals surface area contributed by atoms with E-state index < -0.39 is 11.0 Å². The Kier molecular flexibility index (Phi) is 4.97. The van der Waals surface area contributed by atoms with Crippen molar-refractivity contribution in [3.8, 4) is 0 Å². The summed E-state index contributed by atoms with van der Waals surface area (Å²) in [5, 5.41) is 16.1. The number of rotatable bonds is 3. The van der Waals surface area contributed by atoms with Gasteiger partial charge in [-0.2, -0.15) is 0 Å². The summed E-state index contributed by atoms with van der Waals surface area (Å²) < 4.78 is 0.871. The first-order valence-electron chi connectivity index (χ1n) is 5.74. The Hall–Kier alpha value is -1.87. The van der Waals surface area contributed by atoms with Crippen LogP contribution < -0.4 is 10.6 Å². The van der Waals surface area contributed by atoms with E-state index in [1.165, 1.54) is 18.2 Å². The van der Waals surface area contributed by atoms with Gasteiger partial charge in [-0.25, -0.2) is 4.79 Å². The molecule has 108 valence electrons. The molecule has 2 N–H and O–H groups in total. The molecule has 21 heavy (non-hydrogen) atoms. The lowest BCUT2D eigenvalue weighted by Crippen LogP contribution is -2.20. The van der Waals surface area contributed by atoms with E-state index >= 15 is 0 Å². The average molecular weight is 418 g/mol. The smallest absolute Gasteiger partial charge is 0.307 e. The molecule has 0 aromatic heterocycles. The topological polar surface area (TPSA) is 84.3 Å². The number of urea groups is 1. The standard InChI is InChI=1S/C13H9ClIN3O3/c14-9-6-5-8(18(20)21)7-12(9)17-13(19)16-11-4-2-1-3-10(11)15/h1-7H,(H2,16,17,19). The van der Waals surface area contributed by atoms with Gasteiger partial charge in [-0.3, -0.25) is 10.1 Å². The number of halogens is 2. The van der Waals surface area contributed by atoms with Crippen LogP contribution in [0.2, 0.25) is 5.02 Å². The number of para-hydroxylation sites is 1. The number of nitro groups is 1. The molecule has 0 fully saturated rings. The number of non-ortho nitro benzene ring substituents is 1. The van der Waals surface area contributed by atoms with Crippen LogP contribution in [0.1, 0.15) is 0 Å². The van der Waals surface area contributed by atoms with Crippen LogP contribution in [0.15, 0.2) is 42.5 Å². The maximum atomic E-state index is 11.9. The number of carbonyl (C=O) groups excluding carboxylic acids is 1. The zero-order valence-corrected chi connectivity index (χ0v) is 13.4. The van der Waals surface area contributed by atoms with Crippen molar-refractivity contribution in [2.75, 3.05) is 10.6 Å². The summed E-state index contributed by atoms with van der Waals surface area (Å²) in [5.74, 6) is 0. The van der Waals surface area contributed by atoms with Crippen molar-refractivity contribution >= 4 is 57.3 Å². The van der Waals surface area contributed by atoms with E-state index in [0.29, 0.717) is 5.69 Å². The molecule has 2 aromatic rings. The monoisotopic (exact) mass is 417 g/mol. The Morgan fingerprint density at radius 1 is 1.14 bits per heavy atom. The highest BCUT2D eigenvalue weighted by Crippen LogP contribution is 2.27. The first-order valence-corrected chi connectivity index (χ1v) is 7.19. The lowest BCUT2D eigenvalue weighted by Gasteiger charge is -2.10. The number of nitro benzene ring substituents is 1. The Morgan fingerprint density at radius 3 is 2.48 bits per heavy atom. The predicted octanol–water partition coefficient (Wildman–Crippen LogP) is 4.50.